The van der Waals surface area contributed by atoms with Crippen LogP contribution in [0.25, 0.3) is 0 Å². The molecule has 0 spiro atoms. The van der Waals surface area contributed by atoms with Crippen LogP contribution in [0.2, 0.25) is 4.34 Å². The Kier molecular flexibility index (Phi) is 5.43. The molecular weight excluding hydrogens is 398 g/mol. The lowest BCUT2D eigenvalue weighted by Crippen LogP contribution is -2.40. The molecule has 0 radical (unpaired) electrons. The number of Topliss-reactive ketones (excluding diaryl/α,β-unsaturated/α-hetero) is 1. The molecule has 0 saturated heterocycles. The lowest BCUT2D eigenvalue weighted by atomic mass is 9.93. The van der Waals surface area contributed by atoms with Gasteiger partial charge in [-0.15, -0.1) is 22.7 Å². The molecular formula is C21H18ClNO2S2. The predicted molar refractivity (Wildman–Crippen MR) is 111 cm³/mol. The summed E-state index contributed by atoms with van der Waals surface area (Å²) in [5, 5.41) is 2.10. The van der Waals surface area contributed by atoms with Crippen LogP contribution in [0.5, 0.6) is 0 Å². The van der Waals surface area contributed by atoms with Gasteiger partial charge in [0, 0.05) is 24.3 Å². The Hall–Kier alpha value is -1.95. The second-order valence-electron chi connectivity index (χ2n) is 6.48. The number of benzene rings is 1. The topological polar surface area (TPSA) is 37.4 Å². The summed E-state index contributed by atoms with van der Waals surface area (Å²) in [6.07, 6.45) is 1.30. The molecule has 1 aliphatic rings. The fraction of sp³-hybridized carbons (Fsp3) is 0.238. The van der Waals surface area contributed by atoms with E-state index in [1.807, 2.05) is 23.1 Å². The summed E-state index contributed by atoms with van der Waals surface area (Å²) in [5.74, 6) is 0.00134. The lowest BCUT2D eigenvalue weighted by molar-refractivity contribution is -0.133. The maximum atomic E-state index is 13.0. The average molecular weight is 416 g/mol. The summed E-state index contributed by atoms with van der Waals surface area (Å²) in [5.41, 5.74) is 2.32. The Morgan fingerprint density at radius 1 is 1.07 bits per heavy atom. The molecule has 1 aromatic carbocycles. The van der Waals surface area contributed by atoms with E-state index >= 15 is 0 Å². The van der Waals surface area contributed by atoms with Gasteiger partial charge in [0.25, 0.3) is 0 Å². The van der Waals surface area contributed by atoms with E-state index in [9.17, 15) is 9.59 Å². The van der Waals surface area contributed by atoms with Crippen LogP contribution in [0, 0.1) is 0 Å². The summed E-state index contributed by atoms with van der Waals surface area (Å²) < 4.78 is 0.592. The van der Waals surface area contributed by atoms with Gasteiger partial charge < -0.3 is 4.90 Å². The highest BCUT2D eigenvalue weighted by Crippen LogP contribution is 2.38. The van der Waals surface area contributed by atoms with Gasteiger partial charge in [-0.3, -0.25) is 9.59 Å². The van der Waals surface area contributed by atoms with Crippen molar-refractivity contribution < 1.29 is 9.59 Å². The van der Waals surface area contributed by atoms with E-state index in [4.69, 9.17) is 11.6 Å². The van der Waals surface area contributed by atoms with Gasteiger partial charge in [0.2, 0.25) is 5.91 Å². The molecule has 0 saturated carbocycles. The molecule has 0 bridgehead atoms. The van der Waals surface area contributed by atoms with Gasteiger partial charge in [-0.05, 0) is 41.1 Å². The molecule has 3 heterocycles. The smallest absolute Gasteiger partial charge is 0.223 e. The summed E-state index contributed by atoms with van der Waals surface area (Å²) in [6, 6.07) is 15.6. The number of ketones is 1. The fourth-order valence-corrected chi connectivity index (χ4v) is 5.45. The van der Waals surface area contributed by atoms with Crippen molar-refractivity contribution in [2.45, 2.75) is 25.3 Å². The third-order valence-electron chi connectivity index (χ3n) is 4.82. The second-order valence-corrected chi connectivity index (χ2v) is 9.19. The largest absolute Gasteiger partial charge is 0.331 e. The highest BCUT2D eigenvalue weighted by Gasteiger charge is 2.32. The molecule has 0 aliphatic carbocycles. The van der Waals surface area contributed by atoms with E-state index in [1.54, 1.807) is 23.5 Å². The molecule has 3 aromatic rings. The van der Waals surface area contributed by atoms with Gasteiger partial charge >= 0.3 is 0 Å². The van der Waals surface area contributed by atoms with E-state index in [0.29, 0.717) is 15.8 Å². The van der Waals surface area contributed by atoms with Crippen LogP contribution in [0.3, 0.4) is 0 Å². The number of rotatable bonds is 5. The van der Waals surface area contributed by atoms with Crippen LogP contribution in [0.4, 0.5) is 0 Å². The molecule has 1 atom stereocenters. The fourth-order valence-electron chi connectivity index (χ4n) is 3.53. The molecule has 6 heteroatoms. The first-order chi connectivity index (χ1) is 13.1. The molecule has 138 valence electrons. The van der Waals surface area contributed by atoms with E-state index < -0.39 is 0 Å². The first-order valence-electron chi connectivity index (χ1n) is 8.82. The number of halogens is 1. The number of hydrogen-bond donors (Lipinski definition) is 0. The number of amides is 1. The Morgan fingerprint density at radius 2 is 1.89 bits per heavy atom. The van der Waals surface area contributed by atoms with Crippen LogP contribution in [0.1, 0.15) is 44.6 Å². The Bertz CT molecular complexity index is 963. The summed E-state index contributed by atoms with van der Waals surface area (Å²) in [6.45, 7) is 0.685. The molecule has 3 nitrogen and oxygen atoms in total. The minimum atomic E-state index is -0.0695. The Balaban J connectivity index is 1.52. The van der Waals surface area contributed by atoms with Crippen molar-refractivity contribution in [3.8, 4) is 0 Å². The third kappa shape index (κ3) is 3.86. The van der Waals surface area contributed by atoms with Gasteiger partial charge in [-0.1, -0.05) is 41.9 Å². The molecule has 4 rings (SSSR count). The Morgan fingerprint density at radius 3 is 2.63 bits per heavy atom. The zero-order valence-electron chi connectivity index (χ0n) is 14.6. The number of carbonyl (C=O) groups excluding carboxylic acids is 2. The number of hydrogen-bond acceptors (Lipinski definition) is 4. The highest BCUT2D eigenvalue weighted by molar-refractivity contribution is 7.18. The van der Waals surface area contributed by atoms with Crippen molar-refractivity contribution in [1.29, 1.82) is 0 Å². The molecule has 1 amide bonds. The number of thiophene rings is 2. The van der Waals surface area contributed by atoms with Crippen molar-refractivity contribution >= 4 is 46.0 Å². The summed E-state index contributed by atoms with van der Waals surface area (Å²) in [7, 11) is 0. The minimum Gasteiger partial charge on any atom is -0.331 e. The zero-order chi connectivity index (χ0) is 18.8. The van der Waals surface area contributed by atoms with Crippen molar-refractivity contribution in [2.75, 3.05) is 6.54 Å². The van der Waals surface area contributed by atoms with Gasteiger partial charge in [0.15, 0.2) is 5.78 Å². The van der Waals surface area contributed by atoms with Gasteiger partial charge in [-0.2, -0.15) is 0 Å². The van der Waals surface area contributed by atoms with Crippen LogP contribution in [0.15, 0.2) is 53.9 Å². The Labute approximate surface area is 171 Å². The summed E-state index contributed by atoms with van der Waals surface area (Å²) in [4.78, 5) is 29.2. The average Bonchev–Trinajstić information content (AvgIpc) is 3.34. The molecule has 0 fully saturated rings. The van der Waals surface area contributed by atoms with Gasteiger partial charge in [-0.25, -0.2) is 0 Å². The normalized spacial score (nSPS) is 16.2. The van der Waals surface area contributed by atoms with Crippen molar-refractivity contribution in [2.24, 2.45) is 0 Å². The third-order valence-corrected chi connectivity index (χ3v) is 7.08. The number of nitrogens with zero attached hydrogens (tertiary/aromatic N) is 1. The van der Waals surface area contributed by atoms with E-state index in [-0.39, 0.29) is 30.6 Å². The number of fused-ring (bicyclic) bond motifs is 1. The van der Waals surface area contributed by atoms with Crippen LogP contribution in [-0.4, -0.2) is 23.1 Å². The van der Waals surface area contributed by atoms with Crippen molar-refractivity contribution in [3.63, 3.8) is 0 Å². The highest BCUT2D eigenvalue weighted by atomic mass is 35.5. The lowest BCUT2D eigenvalue weighted by Gasteiger charge is -2.36. The van der Waals surface area contributed by atoms with Crippen LogP contribution in [-0.2, 0) is 11.2 Å². The second kappa shape index (κ2) is 7.97. The van der Waals surface area contributed by atoms with E-state index in [0.717, 1.165) is 12.0 Å². The van der Waals surface area contributed by atoms with Crippen LogP contribution < -0.4 is 0 Å². The molecule has 27 heavy (non-hydrogen) atoms. The maximum absolute atomic E-state index is 13.0. The molecule has 2 aromatic heterocycles. The quantitative estimate of drug-likeness (QED) is 0.508. The predicted octanol–water partition coefficient (Wildman–Crippen LogP) is 5.60. The molecule has 0 N–H and O–H groups in total. The SMILES string of the molecule is O=C(CCC(=O)N1CCc2sccc2[C@H]1c1ccccc1)c1ccc(Cl)s1. The first kappa shape index (κ1) is 18.4. The first-order valence-corrected chi connectivity index (χ1v) is 10.9. The van der Waals surface area contributed by atoms with Gasteiger partial charge in [0.1, 0.15) is 0 Å². The number of carbonyl (C=O) groups is 2. The maximum Gasteiger partial charge on any atom is 0.223 e. The standard InChI is InChI=1S/C21H18ClNO2S2/c22-19-8-7-18(27-19)16(24)6-9-20(25)23-12-10-17-15(11-13-26-17)21(23)14-4-2-1-3-5-14/h1-5,7-8,11,13,21H,6,9-10,12H2/t21-/m1/s1. The van der Waals surface area contributed by atoms with Crippen molar-refractivity contribution in [3.05, 3.63) is 79.1 Å². The molecule has 0 unspecified atom stereocenters. The van der Waals surface area contributed by atoms with Gasteiger partial charge in [0.05, 0.1) is 15.3 Å². The molecule has 1 aliphatic heterocycles. The van der Waals surface area contributed by atoms with Crippen LogP contribution >= 0.6 is 34.3 Å². The monoisotopic (exact) mass is 415 g/mol. The van der Waals surface area contributed by atoms with E-state index in [2.05, 4.69) is 23.6 Å². The van der Waals surface area contributed by atoms with E-state index in [1.165, 1.54) is 21.8 Å². The zero-order valence-corrected chi connectivity index (χ0v) is 16.9. The summed E-state index contributed by atoms with van der Waals surface area (Å²) >= 11 is 8.92. The van der Waals surface area contributed by atoms with Crippen molar-refractivity contribution in [1.82, 2.24) is 4.90 Å². The minimum absolute atomic E-state index is 0.0234.